The second kappa shape index (κ2) is 6.96. The van der Waals surface area contributed by atoms with E-state index in [4.69, 9.17) is 9.47 Å². The summed E-state index contributed by atoms with van der Waals surface area (Å²) >= 11 is 0. The molecule has 0 fully saturated rings. The zero-order chi connectivity index (χ0) is 14.4. The Morgan fingerprint density at radius 1 is 1.20 bits per heavy atom. The van der Waals surface area contributed by atoms with Crippen LogP contribution >= 0.6 is 0 Å². The van der Waals surface area contributed by atoms with Crippen LogP contribution in [0.4, 0.5) is 0 Å². The van der Waals surface area contributed by atoms with Gasteiger partial charge in [-0.3, -0.25) is 4.68 Å². The highest BCUT2D eigenvalue weighted by Gasteiger charge is 2.05. The second-order valence-electron chi connectivity index (χ2n) is 4.73. The molecule has 0 bridgehead atoms. The number of nitrogens with zero attached hydrogens (tertiary/aromatic N) is 2. The Morgan fingerprint density at radius 3 is 2.45 bits per heavy atom. The van der Waals surface area contributed by atoms with Gasteiger partial charge in [-0.15, -0.1) is 0 Å². The standard InChI is InChI=1S/C15H21N3O2/c1-12(11-18-6-4-5-17-18)16-10-13-7-14(19-2)9-15(8-13)20-3/h4-9,12,16H,10-11H2,1-3H3/t12-/m1/s1. The maximum absolute atomic E-state index is 5.27. The smallest absolute Gasteiger partial charge is 0.122 e. The largest absolute Gasteiger partial charge is 0.497 e. The van der Waals surface area contributed by atoms with Crippen molar-refractivity contribution in [3.05, 3.63) is 42.2 Å². The molecular formula is C15H21N3O2. The van der Waals surface area contributed by atoms with E-state index in [9.17, 15) is 0 Å². The Balaban J connectivity index is 1.92. The fourth-order valence-corrected chi connectivity index (χ4v) is 2.01. The minimum absolute atomic E-state index is 0.326. The molecule has 0 radical (unpaired) electrons. The Morgan fingerprint density at radius 2 is 1.90 bits per heavy atom. The van der Waals surface area contributed by atoms with E-state index in [1.54, 1.807) is 20.4 Å². The van der Waals surface area contributed by atoms with Gasteiger partial charge in [-0.25, -0.2) is 0 Å². The molecule has 1 atom stereocenters. The van der Waals surface area contributed by atoms with Gasteiger partial charge in [-0.05, 0) is 30.7 Å². The van der Waals surface area contributed by atoms with E-state index in [1.807, 2.05) is 35.1 Å². The summed E-state index contributed by atoms with van der Waals surface area (Å²) in [4.78, 5) is 0. The molecule has 0 amide bonds. The second-order valence-corrected chi connectivity index (χ2v) is 4.73. The lowest BCUT2D eigenvalue weighted by molar-refractivity contribution is 0.392. The number of ether oxygens (including phenoxy) is 2. The molecule has 0 saturated carbocycles. The topological polar surface area (TPSA) is 48.3 Å². The summed E-state index contributed by atoms with van der Waals surface area (Å²) in [7, 11) is 3.32. The van der Waals surface area contributed by atoms with Gasteiger partial charge in [0, 0.05) is 31.0 Å². The molecule has 108 valence electrons. The molecule has 1 aromatic heterocycles. The zero-order valence-corrected chi connectivity index (χ0v) is 12.2. The number of methoxy groups -OCH3 is 2. The lowest BCUT2D eigenvalue weighted by atomic mass is 10.2. The van der Waals surface area contributed by atoms with Gasteiger partial charge in [-0.1, -0.05) is 0 Å². The number of aromatic nitrogens is 2. The van der Waals surface area contributed by atoms with Gasteiger partial charge in [0.05, 0.1) is 20.8 Å². The fraction of sp³-hybridized carbons (Fsp3) is 0.400. The molecule has 20 heavy (non-hydrogen) atoms. The molecule has 5 heteroatoms. The highest BCUT2D eigenvalue weighted by Crippen LogP contribution is 2.22. The maximum Gasteiger partial charge on any atom is 0.122 e. The van der Waals surface area contributed by atoms with Crippen molar-refractivity contribution < 1.29 is 9.47 Å². The minimum atomic E-state index is 0.326. The first-order chi connectivity index (χ1) is 9.71. The summed E-state index contributed by atoms with van der Waals surface area (Å²) in [5.41, 5.74) is 1.13. The summed E-state index contributed by atoms with van der Waals surface area (Å²) in [5.74, 6) is 1.61. The van der Waals surface area contributed by atoms with Crippen molar-refractivity contribution in [1.82, 2.24) is 15.1 Å². The zero-order valence-electron chi connectivity index (χ0n) is 12.2. The van der Waals surface area contributed by atoms with Crippen LogP contribution in [0.3, 0.4) is 0 Å². The molecule has 0 aliphatic heterocycles. The summed E-state index contributed by atoms with van der Waals surface area (Å²) in [6.45, 7) is 3.74. The van der Waals surface area contributed by atoms with Crippen molar-refractivity contribution in [2.45, 2.75) is 26.1 Å². The van der Waals surface area contributed by atoms with E-state index in [0.717, 1.165) is 30.2 Å². The SMILES string of the molecule is COc1cc(CN[C@H](C)Cn2cccn2)cc(OC)c1. The number of benzene rings is 1. The third-order valence-corrected chi connectivity index (χ3v) is 3.09. The van der Waals surface area contributed by atoms with Crippen molar-refractivity contribution in [3.63, 3.8) is 0 Å². The first-order valence-corrected chi connectivity index (χ1v) is 6.64. The van der Waals surface area contributed by atoms with Crippen LogP contribution in [0.2, 0.25) is 0 Å². The Bertz CT molecular complexity index is 504. The molecule has 0 unspecified atom stereocenters. The van der Waals surface area contributed by atoms with E-state index in [1.165, 1.54) is 0 Å². The Labute approximate surface area is 119 Å². The van der Waals surface area contributed by atoms with Crippen LogP contribution in [0, 0.1) is 0 Å². The Hall–Kier alpha value is -2.01. The quantitative estimate of drug-likeness (QED) is 0.840. The minimum Gasteiger partial charge on any atom is -0.497 e. The van der Waals surface area contributed by atoms with E-state index >= 15 is 0 Å². The van der Waals surface area contributed by atoms with Crippen LogP contribution in [-0.2, 0) is 13.1 Å². The van der Waals surface area contributed by atoms with Gasteiger partial charge in [0.15, 0.2) is 0 Å². The first kappa shape index (κ1) is 14.4. The molecule has 2 aromatic rings. The van der Waals surface area contributed by atoms with E-state index in [0.29, 0.717) is 6.04 Å². The molecule has 1 aromatic carbocycles. The van der Waals surface area contributed by atoms with Crippen LogP contribution in [0.25, 0.3) is 0 Å². The van der Waals surface area contributed by atoms with Gasteiger partial charge in [0.25, 0.3) is 0 Å². The third-order valence-electron chi connectivity index (χ3n) is 3.09. The predicted molar refractivity (Wildman–Crippen MR) is 78.1 cm³/mol. The molecular weight excluding hydrogens is 254 g/mol. The summed E-state index contributed by atoms with van der Waals surface area (Å²) < 4.78 is 12.5. The first-order valence-electron chi connectivity index (χ1n) is 6.64. The van der Waals surface area contributed by atoms with Crippen molar-refractivity contribution in [2.75, 3.05) is 14.2 Å². The number of nitrogens with one attached hydrogen (secondary N) is 1. The predicted octanol–water partition coefficient (Wildman–Crippen LogP) is 2.08. The molecule has 0 saturated heterocycles. The number of hydrogen-bond acceptors (Lipinski definition) is 4. The average molecular weight is 275 g/mol. The van der Waals surface area contributed by atoms with E-state index < -0.39 is 0 Å². The van der Waals surface area contributed by atoms with Crippen LogP contribution < -0.4 is 14.8 Å². The number of hydrogen-bond donors (Lipinski definition) is 1. The lowest BCUT2D eigenvalue weighted by Gasteiger charge is -2.15. The molecule has 2 rings (SSSR count). The summed E-state index contributed by atoms with van der Waals surface area (Å²) in [5, 5.41) is 7.67. The normalized spacial score (nSPS) is 12.2. The van der Waals surface area contributed by atoms with Crippen molar-refractivity contribution in [2.24, 2.45) is 0 Å². The Kier molecular flexibility index (Phi) is 5.01. The van der Waals surface area contributed by atoms with Crippen molar-refractivity contribution in [3.8, 4) is 11.5 Å². The van der Waals surface area contributed by atoms with Crippen LogP contribution in [0.15, 0.2) is 36.7 Å². The van der Waals surface area contributed by atoms with Gasteiger partial charge in [0.1, 0.15) is 11.5 Å². The molecule has 1 heterocycles. The average Bonchev–Trinajstić information content (AvgIpc) is 2.97. The maximum atomic E-state index is 5.27. The van der Waals surface area contributed by atoms with Gasteiger partial charge < -0.3 is 14.8 Å². The molecule has 0 spiro atoms. The number of rotatable bonds is 7. The van der Waals surface area contributed by atoms with E-state index in [-0.39, 0.29) is 0 Å². The van der Waals surface area contributed by atoms with Crippen molar-refractivity contribution >= 4 is 0 Å². The highest BCUT2D eigenvalue weighted by molar-refractivity contribution is 5.38. The highest BCUT2D eigenvalue weighted by atomic mass is 16.5. The van der Waals surface area contributed by atoms with Gasteiger partial charge in [-0.2, -0.15) is 5.10 Å². The molecule has 0 aliphatic carbocycles. The van der Waals surface area contributed by atoms with Crippen LogP contribution in [0.1, 0.15) is 12.5 Å². The molecule has 5 nitrogen and oxygen atoms in total. The van der Waals surface area contributed by atoms with Gasteiger partial charge >= 0.3 is 0 Å². The van der Waals surface area contributed by atoms with Crippen LogP contribution in [0.5, 0.6) is 11.5 Å². The monoisotopic (exact) mass is 275 g/mol. The van der Waals surface area contributed by atoms with Crippen LogP contribution in [-0.4, -0.2) is 30.0 Å². The summed E-state index contributed by atoms with van der Waals surface area (Å²) in [6.07, 6.45) is 3.76. The fourth-order valence-electron chi connectivity index (χ4n) is 2.01. The molecule has 0 aliphatic rings. The third kappa shape index (κ3) is 3.99. The van der Waals surface area contributed by atoms with Crippen molar-refractivity contribution in [1.29, 1.82) is 0 Å². The lowest BCUT2D eigenvalue weighted by Crippen LogP contribution is -2.30. The summed E-state index contributed by atoms with van der Waals surface area (Å²) in [6, 6.07) is 8.15. The van der Waals surface area contributed by atoms with E-state index in [2.05, 4.69) is 17.3 Å². The molecule has 1 N–H and O–H groups in total. The van der Waals surface area contributed by atoms with Gasteiger partial charge in [0.2, 0.25) is 0 Å².